The second kappa shape index (κ2) is 7.06. The lowest BCUT2D eigenvalue weighted by Crippen LogP contribution is -1.98. The first-order chi connectivity index (χ1) is 14.6. The topological polar surface area (TPSA) is 64.4 Å². The van der Waals surface area contributed by atoms with Crippen molar-refractivity contribution in [3.8, 4) is 22.4 Å². The second-order valence-electron chi connectivity index (χ2n) is 8.02. The molecule has 3 aromatic heterocycles. The Bertz CT molecular complexity index is 1380. The third-order valence-electron chi connectivity index (χ3n) is 6.22. The molecule has 0 fully saturated rings. The number of carbonyl (C=O) groups is 1. The zero-order chi connectivity index (χ0) is 20.8. The van der Waals surface area contributed by atoms with Crippen LogP contribution in [-0.4, -0.2) is 20.7 Å². The van der Waals surface area contributed by atoms with E-state index in [9.17, 15) is 4.79 Å². The van der Waals surface area contributed by atoms with E-state index in [4.69, 9.17) is 0 Å². The molecule has 1 atom stereocenters. The van der Waals surface area contributed by atoms with E-state index in [1.54, 1.807) is 6.92 Å². The molecule has 0 aliphatic heterocycles. The average Bonchev–Trinajstić information content (AvgIpc) is 3.49. The van der Waals surface area contributed by atoms with Crippen molar-refractivity contribution in [2.75, 3.05) is 0 Å². The van der Waals surface area contributed by atoms with Gasteiger partial charge in [0.05, 0.1) is 11.4 Å². The van der Waals surface area contributed by atoms with Crippen molar-refractivity contribution in [1.29, 1.82) is 0 Å². The van der Waals surface area contributed by atoms with Gasteiger partial charge in [-0.1, -0.05) is 38.1 Å². The Morgan fingerprint density at radius 1 is 0.900 bits per heavy atom. The molecule has 3 heterocycles. The van der Waals surface area contributed by atoms with Gasteiger partial charge in [0.25, 0.3) is 0 Å². The van der Waals surface area contributed by atoms with E-state index in [0.717, 1.165) is 50.6 Å². The van der Waals surface area contributed by atoms with Crippen molar-refractivity contribution >= 4 is 27.6 Å². The maximum Gasteiger partial charge on any atom is 0.176 e. The molecule has 0 bridgehead atoms. The van der Waals surface area contributed by atoms with Crippen LogP contribution in [0.4, 0.5) is 0 Å². The number of aromatic nitrogens is 3. The second-order valence-corrected chi connectivity index (χ2v) is 8.02. The van der Waals surface area contributed by atoms with Gasteiger partial charge in [-0.25, -0.2) is 0 Å². The van der Waals surface area contributed by atoms with Crippen LogP contribution >= 0.6 is 0 Å². The lowest BCUT2D eigenvalue weighted by molar-refractivity contribution is 0.101. The van der Waals surface area contributed by atoms with E-state index >= 15 is 0 Å². The maximum absolute atomic E-state index is 12.8. The minimum atomic E-state index is 0.0505. The fraction of sp³-hybridized carbons (Fsp3) is 0.192. The van der Waals surface area contributed by atoms with Crippen molar-refractivity contribution < 1.29 is 4.79 Å². The van der Waals surface area contributed by atoms with Gasteiger partial charge in [0.15, 0.2) is 5.78 Å². The molecule has 0 saturated carbocycles. The Morgan fingerprint density at radius 2 is 1.50 bits per heavy atom. The molecular formula is C26H25N3O. The number of benzene rings is 2. The van der Waals surface area contributed by atoms with E-state index in [0.29, 0.717) is 11.6 Å². The molecule has 150 valence electrons. The van der Waals surface area contributed by atoms with Crippen LogP contribution in [0.15, 0.2) is 60.9 Å². The number of hydrogen-bond donors (Lipinski definition) is 3. The van der Waals surface area contributed by atoms with Crippen LogP contribution in [0, 0.1) is 0 Å². The average molecular weight is 396 g/mol. The molecule has 0 aliphatic carbocycles. The first-order valence-corrected chi connectivity index (χ1v) is 10.5. The van der Waals surface area contributed by atoms with Crippen molar-refractivity contribution in [2.24, 2.45) is 0 Å². The number of carbonyl (C=O) groups excluding carboxylic acids is 1. The molecule has 2 aromatic carbocycles. The summed E-state index contributed by atoms with van der Waals surface area (Å²) in [5, 5.41) is 2.29. The Hall–Kier alpha value is -3.53. The van der Waals surface area contributed by atoms with Gasteiger partial charge in [-0.05, 0) is 47.7 Å². The fourth-order valence-corrected chi connectivity index (χ4v) is 4.57. The normalized spacial score (nSPS) is 12.6. The molecule has 4 nitrogen and oxygen atoms in total. The quantitative estimate of drug-likeness (QED) is 0.275. The molecule has 0 amide bonds. The summed E-state index contributed by atoms with van der Waals surface area (Å²) in [6, 6.07) is 16.7. The summed E-state index contributed by atoms with van der Waals surface area (Å²) >= 11 is 0. The van der Waals surface area contributed by atoms with Gasteiger partial charge >= 0.3 is 0 Å². The molecule has 1 unspecified atom stereocenters. The highest BCUT2D eigenvalue weighted by Crippen LogP contribution is 2.44. The number of aromatic amines is 3. The number of rotatable bonds is 5. The van der Waals surface area contributed by atoms with E-state index in [1.165, 1.54) is 5.56 Å². The Labute approximate surface area is 175 Å². The van der Waals surface area contributed by atoms with Crippen molar-refractivity contribution in [2.45, 2.75) is 33.1 Å². The predicted molar refractivity (Wildman–Crippen MR) is 124 cm³/mol. The molecule has 3 N–H and O–H groups in total. The molecule has 0 radical (unpaired) electrons. The Balaban J connectivity index is 1.90. The van der Waals surface area contributed by atoms with Crippen molar-refractivity contribution in [3.05, 3.63) is 72.2 Å². The van der Waals surface area contributed by atoms with Gasteiger partial charge in [0.2, 0.25) is 0 Å². The van der Waals surface area contributed by atoms with Crippen LogP contribution < -0.4 is 0 Å². The van der Waals surface area contributed by atoms with Crippen molar-refractivity contribution in [3.63, 3.8) is 0 Å². The number of hydrogen-bond acceptors (Lipinski definition) is 1. The Morgan fingerprint density at radius 3 is 2.10 bits per heavy atom. The number of H-pyrrole nitrogens is 3. The van der Waals surface area contributed by atoms with Crippen LogP contribution in [0.25, 0.3) is 44.2 Å². The number of fused-ring (bicyclic) bond motifs is 2. The van der Waals surface area contributed by atoms with E-state index < -0.39 is 0 Å². The minimum Gasteiger partial charge on any atom is -0.361 e. The zero-order valence-corrected chi connectivity index (χ0v) is 17.5. The number of Topliss-reactive ketones (excluding diaryl/α,β-unsaturated/α-hetero) is 1. The van der Waals surface area contributed by atoms with Crippen LogP contribution in [-0.2, 0) is 0 Å². The third kappa shape index (κ3) is 2.71. The minimum absolute atomic E-state index is 0.0505. The monoisotopic (exact) mass is 395 g/mol. The zero-order valence-electron chi connectivity index (χ0n) is 17.5. The molecule has 30 heavy (non-hydrogen) atoms. The summed E-state index contributed by atoms with van der Waals surface area (Å²) in [7, 11) is 0. The summed E-state index contributed by atoms with van der Waals surface area (Å²) in [4.78, 5) is 22.9. The summed E-state index contributed by atoms with van der Waals surface area (Å²) in [5.41, 5.74) is 8.36. The van der Waals surface area contributed by atoms with E-state index in [1.807, 2.05) is 12.4 Å². The van der Waals surface area contributed by atoms with Gasteiger partial charge in [0, 0.05) is 52.3 Å². The van der Waals surface area contributed by atoms with Gasteiger partial charge in [-0.3, -0.25) is 4.79 Å². The van der Waals surface area contributed by atoms with E-state index in [2.05, 4.69) is 77.3 Å². The summed E-state index contributed by atoms with van der Waals surface area (Å²) in [6.45, 7) is 6.09. The molecule has 4 heteroatoms. The summed E-state index contributed by atoms with van der Waals surface area (Å²) < 4.78 is 0. The molecule has 5 aromatic rings. The standard InChI is InChI=1S/C26H25N3O/c1-4-15(2)23-24(19-7-5-9-21-17(19)11-13-27-21)25(16(3)30)29-26(23)20-8-6-10-22-18(20)12-14-28-22/h5-15,27-29H,4H2,1-3H3. The first-order valence-electron chi connectivity index (χ1n) is 10.5. The Kier molecular flexibility index (Phi) is 4.35. The predicted octanol–water partition coefficient (Wildman–Crippen LogP) is 7.03. The van der Waals surface area contributed by atoms with Crippen molar-refractivity contribution in [1.82, 2.24) is 15.0 Å². The summed E-state index contributed by atoms with van der Waals surface area (Å²) in [6.07, 6.45) is 4.91. The van der Waals surface area contributed by atoms with Crippen LogP contribution in [0.5, 0.6) is 0 Å². The van der Waals surface area contributed by atoms with Crippen LogP contribution in [0.2, 0.25) is 0 Å². The lowest BCUT2D eigenvalue weighted by atomic mass is 9.87. The first kappa shape index (κ1) is 18.5. The molecule has 0 saturated heterocycles. The summed E-state index contributed by atoms with van der Waals surface area (Å²) in [5.74, 6) is 0.345. The third-order valence-corrected chi connectivity index (χ3v) is 6.22. The van der Waals surface area contributed by atoms with Gasteiger partial charge in [0.1, 0.15) is 0 Å². The number of ketones is 1. The molecular weight excluding hydrogens is 370 g/mol. The highest BCUT2D eigenvalue weighted by Gasteiger charge is 2.27. The van der Waals surface area contributed by atoms with Crippen LogP contribution in [0.1, 0.15) is 49.2 Å². The van der Waals surface area contributed by atoms with Crippen LogP contribution in [0.3, 0.4) is 0 Å². The smallest absolute Gasteiger partial charge is 0.176 e. The molecule has 0 spiro atoms. The highest BCUT2D eigenvalue weighted by molar-refractivity contribution is 6.08. The highest BCUT2D eigenvalue weighted by atomic mass is 16.1. The van der Waals surface area contributed by atoms with E-state index in [-0.39, 0.29) is 5.78 Å². The fourth-order valence-electron chi connectivity index (χ4n) is 4.57. The van der Waals surface area contributed by atoms with Gasteiger partial charge in [-0.2, -0.15) is 0 Å². The SMILES string of the molecule is CCC(C)c1c(-c2cccc3[nH]ccc23)[nH]c(C(C)=O)c1-c1cccc2[nH]ccc12. The lowest BCUT2D eigenvalue weighted by Gasteiger charge is -2.16. The molecule has 5 rings (SSSR count). The molecule has 0 aliphatic rings. The van der Waals surface area contributed by atoms with Gasteiger partial charge in [-0.15, -0.1) is 0 Å². The maximum atomic E-state index is 12.8. The van der Waals surface area contributed by atoms with Gasteiger partial charge < -0.3 is 15.0 Å². The largest absolute Gasteiger partial charge is 0.361 e. The number of nitrogens with one attached hydrogen (secondary N) is 3.